The van der Waals surface area contributed by atoms with Gasteiger partial charge in [0.15, 0.2) is 0 Å². The third-order valence-corrected chi connectivity index (χ3v) is 5.81. The standard InChI is InChI=1S/C22H25F2N5S/c1-13(2)28-18-4-3-15(9-19(18)30)16-11-25-20-17(16)12-27-21(29-20)26-10-14-5-7-22(23,24)8-6-14/h3-4,9,11-12,14,30H,5-8,10H2,1-2H3,(H2,25,26,27,29). The van der Waals surface area contributed by atoms with Gasteiger partial charge >= 0.3 is 0 Å². The summed E-state index contributed by atoms with van der Waals surface area (Å²) in [5.74, 6) is -1.77. The van der Waals surface area contributed by atoms with Gasteiger partial charge in [-0.05, 0) is 50.3 Å². The van der Waals surface area contributed by atoms with Crippen LogP contribution >= 0.6 is 12.6 Å². The second kappa shape index (κ2) is 8.34. The summed E-state index contributed by atoms with van der Waals surface area (Å²) >= 11 is 4.57. The molecule has 0 amide bonds. The van der Waals surface area contributed by atoms with Crippen molar-refractivity contribution in [1.29, 1.82) is 0 Å². The Morgan fingerprint density at radius 3 is 2.77 bits per heavy atom. The summed E-state index contributed by atoms with van der Waals surface area (Å²) in [6.07, 6.45) is 4.68. The fourth-order valence-corrected chi connectivity index (χ4v) is 4.06. The summed E-state index contributed by atoms with van der Waals surface area (Å²) < 4.78 is 26.6. The van der Waals surface area contributed by atoms with E-state index in [-0.39, 0.29) is 18.8 Å². The van der Waals surface area contributed by atoms with Gasteiger partial charge in [0.25, 0.3) is 0 Å². The molecule has 30 heavy (non-hydrogen) atoms. The molecule has 1 fully saturated rings. The molecular formula is C22H25F2N5S. The maximum atomic E-state index is 13.3. The molecule has 0 atom stereocenters. The summed E-state index contributed by atoms with van der Waals surface area (Å²) in [6.45, 7) is 4.51. The van der Waals surface area contributed by atoms with Crippen LogP contribution < -0.4 is 5.32 Å². The number of halogens is 2. The minimum absolute atomic E-state index is 0.0334. The lowest BCUT2D eigenvalue weighted by atomic mass is 9.87. The largest absolute Gasteiger partial charge is 0.354 e. The zero-order valence-electron chi connectivity index (χ0n) is 17.0. The van der Waals surface area contributed by atoms with Crippen molar-refractivity contribution in [3.8, 4) is 11.1 Å². The van der Waals surface area contributed by atoms with E-state index >= 15 is 0 Å². The number of thiol groups is 1. The van der Waals surface area contributed by atoms with Crippen molar-refractivity contribution < 1.29 is 8.78 Å². The number of benzene rings is 1. The van der Waals surface area contributed by atoms with Crippen molar-refractivity contribution in [2.75, 3.05) is 11.9 Å². The van der Waals surface area contributed by atoms with Crippen LogP contribution in [0.3, 0.4) is 0 Å². The quantitative estimate of drug-likeness (QED) is 0.331. The normalized spacial score (nSPS) is 16.6. The van der Waals surface area contributed by atoms with E-state index in [1.54, 1.807) is 6.20 Å². The highest BCUT2D eigenvalue weighted by atomic mass is 32.1. The molecule has 0 bridgehead atoms. The molecule has 3 aromatic rings. The van der Waals surface area contributed by atoms with Gasteiger partial charge in [-0.3, -0.25) is 4.99 Å². The van der Waals surface area contributed by atoms with Crippen LogP contribution in [0, 0.1) is 5.92 Å². The first-order chi connectivity index (χ1) is 14.3. The van der Waals surface area contributed by atoms with E-state index in [1.165, 1.54) is 0 Å². The number of nitrogens with one attached hydrogen (secondary N) is 2. The number of nitrogens with zero attached hydrogens (tertiary/aromatic N) is 3. The Kier molecular flexibility index (Phi) is 5.77. The van der Waals surface area contributed by atoms with Gasteiger partial charge in [-0.1, -0.05) is 6.07 Å². The molecule has 1 saturated carbocycles. The molecule has 1 aliphatic rings. The number of fused-ring (bicyclic) bond motifs is 1. The maximum Gasteiger partial charge on any atom is 0.248 e. The Balaban J connectivity index is 1.49. The number of aromatic nitrogens is 3. The Morgan fingerprint density at radius 1 is 1.30 bits per heavy atom. The van der Waals surface area contributed by atoms with Crippen molar-refractivity contribution in [3.05, 3.63) is 30.6 Å². The summed E-state index contributed by atoms with van der Waals surface area (Å²) in [5.41, 5.74) is 4.53. The number of aliphatic imine (C=N–C) groups is 1. The third kappa shape index (κ3) is 4.64. The first-order valence-corrected chi connectivity index (χ1v) is 10.6. The second-order valence-electron chi connectivity index (χ2n) is 8.10. The molecule has 2 N–H and O–H groups in total. The fourth-order valence-electron chi connectivity index (χ4n) is 3.80. The number of rotatable bonds is 5. The number of alkyl halides is 2. The fraction of sp³-hybridized carbons (Fsp3) is 0.409. The lowest BCUT2D eigenvalue weighted by molar-refractivity contribution is -0.0443. The maximum absolute atomic E-state index is 13.3. The lowest BCUT2D eigenvalue weighted by Crippen LogP contribution is -2.28. The molecule has 0 unspecified atom stereocenters. The third-order valence-electron chi connectivity index (χ3n) is 5.45. The highest BCUT2D eigenvalue weighted by Gasteiger charge is 2.34. The van der Waals surface area contributed by atoms with E-state index in [1.807, 2.05) is 38.2 Å². The molecule has 5 nitrogen and oxygen atoms in total. The molecule has 4 rings (SSSR count). The van der Waals surface area contributed by atoms with Crippen molar-refractivity contribution in [2.45, 2.75) is 50.3 Å². The molecule has 1 aromatic carbocycles. The molecule has 0 radical (unpaired) electrons. The van der Waals surface area contributed by atoms with E-state index in [2.05, 4.69) is 37.9 Å². The van der Waals surface area contributed by atoms with Crippen molar-refractivity contribution in [3.63, 3.8) is 0 Å². The van der Waals surface area contributed by atoms with E-state index in [0.717, 1.165) is 38.5 Å². The van der Waals surface area contributed by atoms with Crippen molar-refractivity contribution in [1.82, 2.24) is 15.0 Å². The van der Waals surface area contributed by atoms with Crippen LogP contribution in [-0.4, -0.2) is 33.1 Å². The number of anilines is 1. The van der Waals surface area contributed by atoms with Gasteiger partial charge in [-0.15, -0.1) is 12.6 Å². The van der Waals surface area contributed by atoms with E-state index < -0.39 is 5.92 Å². The first-order valence-electron chi connectivity index (χ1n) is 10.1. The monoisotopic (exact) mass is 429 g/mol. The molecule has 158 valence electrons. The molecule has 0 saturated heterocycles. The predicted octanol–water partition coefficient (Wildman–Crippen LogP) is 6.26. The van der Waals surface area contributed by atoms with E-state index in [9.17, 15) is 8.78 Å². The van der Waals surface area contributed by atoms with Crippen LogP contribution in [0.4, 0.5) is 20.4 Å². The van der Waals surface area contributed by atoms with Crippen molar-refractivity contribution in [2.24, 2.45) is 10.9 Å². The zero-order chi connectivity index (χ0) is 21.3. The zero-order valence-corrected chi connectivity index (χ0v) is 17.9. The molecule has 8 heteroatoms. The molecule has 0 spiro atoms. The average molecular weight is 430 g/mol. The summed E-state index contributed by atoms with van der Waals surface area (Å²) in [4.78, 5) is 17.5. The predicted molar refractivity (Wildman–Crippen MR) is 120 cm³/mol. The van der Waals surface area contributed by atoms with Gasteiger partial charge in [-0.2, -0.15) is 4.98 Å². The van der Waals surface area contributed by atoms with Crippen LogP contribution in [-0.2, 0) is 0 Å². The van der Waals surface area contributed by atoms with Crippen LogP contribution in [0.15, 0.2) is 40.5 Å². The average Bonchev–Trinajstić information content (AvgIpc) is 3.12. The topological polar surface area (TPSA) is 66.0 Å². The minimum Gasteiger partial charge on any atom is -0.354 e. The SMILES string of the molecule is CC(C)=Nc1ccc(-c2c[nH]c3nc(NCC4CCC(F)(F)CC4)ncc23)cc1S. The van der Waals surface area contributed by atoms with Gasteiger partial charge in [0.05, 0.1) is 5.69 Å². The van der Waals surface area contributed by atoms with E-state index in [0.29, 0.717) is 25.3 Å². The highest BCUT2D eigenvalue weighted by molar-refractivity contribution is 7.80. The van der Waals surface area contributed by atoms with Gasteiger partial charge in [0, 0.05) is 53.3 Å². The number of aromatic amines is 1. The van der Waals surface area contributed by atoms with Crippen LogP contribution in [0.25, 0.3) is 22.2 Å². The number of H-pyrrole nitrogens is 1. The van der Waals surface area contributed by atoms with E-state index in [4.69, 9.17) is 0 Å². The van der Waals surface area contributed by atoms with Crippen LogP contribution in [0.5, 0.6) is 0 Å². The molecule has 0 aliphatic heterocycles. The molecule has 2 heterocycles. The Morgan fingerprint density at radius 2 is 2.07 bits per heavy atom. The van der Waals surface area contributed by atoms with Crippen LogP contribution in [0.2, 0.25) is 0 Å². The van der Waals surface area contributed by atoms with Crippen molar-refractivity contribution >= 4 is 41.0 Å². The summed E-state index contributed by atoms with van der Waals surface area (Å²) in [5, 5.41) is 4.11. The number of hydrogen-bond donors (Lipinski definition) is 3. The molecule has 2 aromatic heterocycles. The van der Waals surface area contributed by atoms with Gasteiger partial charge < -0.3 is 10.3 Å². The highest BCUT2D eigenvalue weighted by Crippen LogP contribution is 2.36. The van der Waals surface area contributed by atoms with Gasteiger partial charge in [0.1, 0.15) is 5.65 Å². The van der Waals surface area contributed by atoms with Gasteiger partial charge in [-0.25, -0.2) is 13.8 Å². The Hall–Kier alpha value is -2.48. The molecular weight excluding hydrogens is 404 g/mol. The Labute approximate surface area is 179 Å². The smallest absolute Gasteiger partial charge is 0.248 e. The lowest BCUT2D eigenvalue weighted by Gasteiger charge is -2.28. The molecule has 1 aliphatic carbocycles. The summed E-state index contributed by atoms with van der Waals surface area (Å²) in [6, 6.07) is 5.95. The van der Waals surface area contributed by atoms with Crippen LogP contribution in [0.1, 0.15) is 39.5 Å². The van der Waals surface area contributed by atoms with Gasteiger partial charge in [0.2, 0.25) is 11.9 Å². The second-order valence-corrected chi connectivity index (χ2v) is 8.58. The summed E-state index contributed by atoms with van der Waals surface area (Å²) in [7, 11) is 0. The Bertz CT molecular complexity index is 1080. The minimum atomic E-state index is -2.50. The number of hydrogen-bond acceptors (Lipinski definition) is 5. The first kappa shape index (κ1) is 20.8.